The maximum Gasteiger partial charge on any atom is 0.254 e. The Balaban J connectivity index is 1.86. The van der Waals surface area contributed by atoms with Crippen LogP contribution in [0.15, 0.2) is 59.3 Å². The number of amides is 1. The number of carbonyl (C=O) groups excluding carboxylic acids is 1. The van der Waals surface area contributed by atoms with Crippen LogP contribution < -0.4 is 0 Å². The Morgan fingerprint density at radius 3 is 2.17 bits per heavy atom. The molecular formula is C18H14N2OS2. The fourth-order valence-electron chi connectivity index (χ4n) is 2.29. The van der Waals surface area contributed by atoms with Gasteiger partial charge in [0.25, 0.3) is 5.91 Å². The molecule has 0 radical (unpaired) electrons. The summed E-state index contributed by atoms with van der Waals surface area (Å²) in [4.78, 5) is 17.0. The molecule has 0 N–H and O–H groups in total. The minimum Gasteiger partial charge on any atom is -0.328 e. The molecule has 3 rings (SSSR count). The van der Waals surface area contributed by atoms with Gasteiger partial charge in [0.05, 0.1) is 24.7 Å². The monoisotopic (exact) mass is 338 g/mol. The lowest BCUT2D eigenvalue weighted by Gasteiger charge is -2.21. The molecule has 0 saturated heterocycles. The molecule has 0 atom stereocenters. The first-order valence-corrected chi connectivity index (χ1v) is 8.86. The first-order chi connectivity index (χ1) is 11.3. The largest absolute Gasteiger partial charge is 0.328 e. The lowest BCUT2D eigenvalue weighted by Crippen LogP contribution is -2.29. The van der Waals surface area contributed by atoms with Gasteiger partial charge >= 0.3 is 0 Å². The molecule has 0 aliphatic heterocycles. The standard InChI is InChI=1S/C18H14N2OS2/c19-11-14-4-1-5-15(10-14)18(21)20(12-16-6-2-8-22-16)13-17-7-3-9-23-17/h1-10H,12-13H2. The fraction of sp³-hybridized carbons (Fsp3) is 0.111. The van der Waals surface area contributed by atoms with Crippen LogP contribution in [0.25, 0.3) is 0 Å². The minimum absolute atomic E-state index is 0.0519. The molecular weight excluding hydrogens is 324 g/mol. The average Bonchev–Trinajstić information content (AvgIpc) is 3.27. The molecule has 3 aromatic rings. The summed E-state index contributed by atoms with van der Waals surface area (Å²) in [7, 11) is 0. The fourth-order valence-corrected chi connectivity index (χ4v) is 3.72. The second-order valence-electron chi connectivity index (χ2n) is 5.01. The second kappa shape index (κ2) is 7.23. The van der Waals surface area contributed by atoms with Crippen LogP contribution >= 0.6 is 22.7 Å². The summed E-state index contributed by atoms with van der Waals surface area (Å²) in [5, 5.41) is 13.1. The lowest BCUT2D eigenvalue weighted by molar-refractivity contribution is 0.0733. The van der Waals surface area contributed by atoms with Crippen molar-refractivity contribution in [1.82, 2.24) is 4.90 Å². The summed E-state index contributed by atoms with van der Waals surface area (Å²) >= 11 is 3.28. The van der Waals surface area contributed by atoms with Gasteiger partial charge in [-0.05, 0) is 41.1 Å². The van der Waals surface area contributed by atoms with Gasteiger partial charge in [0.1, 0.15) is 0 Å². The third kappa shape index (κ3) is 3.86. The first-order valence-electron chi connectivity index (χ1n) is 7.10. The van der Waals surface area contributed by atoms with E-state index in [1.54, 1.807) is 46.9 Å². The summed E-state index contributed by atoms with van der Waals surface area (Å²) in [5.41, 5.74) is 1.06. The summed E-state index contributed by atoms with van der Waals surface area (Å²) in [6.07, 6.45) is 0. The van der Waals surface area contributed by atoms with Crippen LogP contribution in [0.5, 0.6) is 0 Å². The number of benzene rings is 1. The summed E-state index contributed by atoms with van der Waals surface area (Å²) in [5.74, 6) is -0.0519. The Morgan fingerprint density at radius 1 is 1.00 bits per heavy atom. The van der Waals surface area contributed by atoms with Crippen molar-refractivity contribution in [3.05, 3.63) is 80.2 Å². The highest BCUT2D eigenvalue weighted by Gasteiger charge is 2.18. The van der Waals surface area contributed by atoms with Crippen LogP contribution in [0, 0.1) is 11.3 Å². The van der Waals surface area contributed by atoms with E-state index < -0.39 is 0 Å². The third-order valence-corrected chi connectivity index (χ3v) is 5.10. The molecule has 0 fully saturated rings. The van der Waals surface area contributed by atoms with Crippen molar-refractivity contribution in [2.24, 2.45) is 0 Å². The zero-order valence-electron chi connectivity index (χ0n) is 12.3. The van der Waals surface area contributed by atoms with Crippen LogP contribution in [-0.2, 0) is 13.1 Å². The normalized spacial score (nSPS) is 10.2. The molecule has 23 heavy (non-hydrogen) atoms. The number of thiophene rings is 2. The van der Waals surface area contributed by atoms with Gasteiger partial charge in [0.2, 0.25) is 0 Å². The minimum atomic E-state index is -0.0519. The second-order valence-corrected chi connectivity index (χ2v) is 7.08. The quantitative estimate of drug-likeness (QED) is 0.686. The summed E-state index contributed by atoms with van der Waals surface area (Å²) in [6.45, 7) is 1.15. The van der Waals surface area contributed by atoms with Gasteiger partial charge in [-0.25, -0.2) is 0 Å². The highest BCUT2D eigenvalue weighted by Crippen LogP contribution is 2.19. The van der Waals surface area contributed by atoms with Crippen molar-refractivity contribution in [2.45, 2.75) is 13.1 Å². The van der Waals surface area contributed by atoms with E-state index in [2.05, 4.69) is 6.07 Å². The van der Waals surface area contributed by atoms with Crippen molar-refractivity contribution >= 4 is 28.6 Å². The van der Waals surface area contributed by atoms with E-state index in [0.717, 1.165) is 9.75 Å². The molecule has 2 aromatic heterocycles. The van der Waals surface area contributed by atoms with E-state index in [-0.39, 0.29) is 5.91 Å². The smallest absolute Gasteiger partial charge is 0.254 e. The number of nitriles is 1. The Bertz CT molecular complexity index is 781. The van der Waals surface area contributed by atoms with E-state index in [9.17, 15) is 4.79 Å². The topological polar surface area (TPSA) is 44.1 Å². The van der Waals surface area contributed by atoms with Crippen LogP contribution in [0.1, 0.15) is 25.7 Å². The van der Waals surface area contributed by atoms with Crippen molar-refractivity contribution in [2.75, 3.05) is 0 Å². The van der Waals surface area contributed by atoms with Crippen molar-refractivity contribution in [1.29, 1.82) is 5.26 Å². The molecule has 1 amide bonds. The molecule has 0 unspecified atom stereocenters. The van der Waals surface area contributed by atoms with Crippen LogP contribution in [0.4, 0.5) is 0 Å². The molecule has 114 valence electrons. The third-order valence-electron chi connectivity index (χ3n) is 3.38. The van der Waals surface area contributed by atoms with E-state index >= 15 is 0 Å². The Labute approximate surface area is 143 Å². The van der Waals surface area contributed by atoms with E-state index in [1.807, 2.05) is 39.9 Å². The van der Waals surface area contributed by atoms with E-state index in [0.29, 0.717) is 24.2 Å². The van der Waals surface area contributed by atoms with Crippen LogP contribution in [-0.4, -0.2) is 10.8 Å². The molecule has 0 aliphatic rings. The number of hydrogen-bond acceptors (Lipinski definition) is 4. The average molecular weight is 338 g/mol. The van der Waals surface area contributed by atoms with Gasteiger partial charge in [0.15, 0.2) is 0 Å². The maximum absolute atomic E-state index is 12.9. The summed E-state index contributed by atoms with van der Waals surface area (Å²) < 4.78 is 0. The van der Waals surface area contributed by atoms with Crippen molar-refractivity contribution in [3.8, 4) is 6.07 Å². The number of carbonyl (C=O) groups is 1. The molecule has 1 aromatic carbocycles. The molecule has 5 heteroatoms. The molecule has 0 spiro atoms. The number of hydrogen-bond donors (Lipinski definition) is 0. The van der Waals surface area contributed by atoms with E-state index in [4.69, 9.17) is 5.26 Å². The zero-order valence-corrected chi connectivity index (χ0v) is 13.9. The predicted octanol–water partition coefficient (Wildman–Crippen LogP) is 4.52. The molecule has 3 nitrogen and oxygen atoms in total. The molecule has 2 heterocycles. The van der Waals surface area contributed by atoms with Gasteiger partial charge in [-0.3, -0.25) is 4.79 Å². The number of nitrogens with zero attached hydrogens (tertiary/aromatic N) is 2. The maximum atomic E-state index is 12.9. The molecule has 0 aliphatic carbocycles. The molecule has 0 saturated carbocycles. The first kappa shape index (κ1) is 15.5. The number of rotatable bonds is 5. The molecule has 0 bridgehead atoms. The van der Waals surface area contributed by atoms with Gasteiger partial charge in [-0.2, -0.15) is 5.26 Å². The Hall–Kier alpha value is -2.42. The van der Waals surface area contributed by atoms with Gasteiger partial charge in [0, 0.05) is 15.3 Å². The summed E-state index contributed by atoms with van der Waals surface area (Å²) in [6, 6.07) is 17.0. The zero-order chi connectivity index (χ0) is 16.1. The van der Waals surface area contributed by atoms with E-state index in [1.165, 1.54) is 0 Å². The Morgan fingerprint density at radius 2 is 1.65 bits per heavy atom. The van der Waals surface area contributed by atoms with Gasteiger partial charge < -0.3 is 4.90 Å². The van der Waals surface area contributed by atoms with Crippen LogP contribution in [0.3, 0.4) is 0 Å². The Kier molecular flexibility index (Phi) is 4.86. The van der Waals surface area contributed by atoms with Crippen molar-refractivity contribution < 1.29 is 4.79 Å². The lowest BCUT2D eigenvalue weighted by atomic mass is 10.1. The van der Waals surface area contributed by atoms with Gasteiger partial charge in [-0.15, -0.1) is 22.7 Å². The highest BCUT2D eigenvalue weighted by atomic mass is 32.1. The van der Waals surface area contributed by atoms with Gasteiger partial charge in [-0.1, -0.05) is 18.2 Å². The highest BCUT2D eigenvalue weighted by molar-refractivity contribution is 7.10. The van der Waals surface area contributed by atoms with Crippen molar-refractivity contribution in [3.63, 3.8) is 0 Å². The van der Waals surface area contributed by atoms with Crippen LogP contribution in [0.2, 0.25) is 0 Å². The predicted molar refractivity (Wildman–Crippen MR) is 93.4 cm³/mol. The SMILES string of the molecule is N#Cc1cccc(C(=O)N(Cc2cccs2)Cc2cccs2)c1.